The van der Waals surface area contributed by atoms with Gasteiger partial charge in [-0.05, 0) is 0 Å². The predicted octanol–water partition coefficient (Wildman–Crippen LogP) is -0.623. The van der Waals surface area contributed by atoms with E-state index < -0.39 is 25.8 Å². The van der Waals surface area contributed by atoms with Crippen LogP contribution in [0.15, 0.2) is 0 Å². The first-order chi connectivity index (χ1) is 7.11. The first-order valence-electron chi connectivity index (χ1n) is 3.71. The minimum atomic E-state index is -2.62. The van der Waals surface area contributed by atoms with Crippen LogP contribution in [0.3, 0.4) is 0 Å². The second-order valence-electron chi connectivity index (χ2n) is 1.80. The topological polar surface area (TPSA) is 182 Å². The highest BCUT2D eigenvalue weighted by molar-refractivity contribution is 7.38. The van der Waals surface area contributed by atoms with Crippen molar-refractivity contribution < 1.29 is 44.0 Å². The Morgan fingerprint density at radius 2 is 0.562 bits per heavy atom. The molecule has 0 atom stereocenters. The summed E-state index contributed by atoms with van der Waals surface area (Å²) in [6.45, 7) is 4.36. The summed E-state index contributed by atoms with van der Waals surface area (Å²) in [7, 11) is -7.86. The fourth-order valence-corrected chi connectivity index (χ4v) is 0. The summed E-state index contributed by atoms with van der Waals surface area (Å²) in [5.41, 5.74) is 0. The van der Waals surface area contributed by atoms with E-state index >= 15 is 0 Å². The third-order valence-corrected chi connectivity index (χ3v) is 0.500. The molecule has 12 heteroatoms. The van der Waals surface area contributed by atoms with Gasteiger partial charge in [0.25, 0.3) is 0 Å². The lowest BCUT2D eigenvalue weighted by Gasteiger charge is -1.76. The van der Waals surface area contributed by atoms with Crippen molar-refractivity contribution in [3.63, 3.8) is 0 Å². The van der Waals surface area contributed by atoms with Crippen LogP contribution in [0, 0.1) is 0 Å². The van der Waals surface area contributed by atoms with E-state index in [-0.39, 0.29) is 0 Å². The molecule has 0 rings (SSSR count). The number of rotatable bonds is 1. The van der Waals surface area contributed by atoms with Crippen LogP contribution in [0.1, 0.15) is 26.7 Å². The van der Waals surface area contributed by atoms with Crippen molar-refractivity contribution in [2.24, 2.45) is 0 Å². The van der Waals surface area contributed by atoms with Crippen LogP contribution < -0.4 is 0 Å². The Kier molecular flexibility index (Phi) is 40.1. The summed E-state index contributed by atoms with van der Waals surface area (Å²) in [4.78, 5) is 65.1. The first-order valence-corrected chi connectivity index (χ1v) is 7.31. The zero-order chi connectivity index (χ0) is 14.1. The Bertz CT molecular complexity index is 68.3. The minimum Gasteiger partial charge on any atom is -0.328 e. The molecular weight excluding hydrogens is 285 g/mol. The van der Waals surface area contributed by atoms with Gasteiger partial charge in [-0.25, -0.2) is 0 Å². The molecule has 0 aromatic rings. The summed E-state index contributed by atoms with van der Waals surface area (Å²) >= 11 is 0. The molecule has 0 bridgehead atoms. The van der Waals surface area contributed by atoms with Gasteiger partial charge in [0.1, 0.15) is 0 Å². The molecule has 0 aromatic carbocycles. The molecule has 0 spiro atoms. The van der Waals surface area contributed by atoms with Crippen molar-refractivity contribution in [3.05, 3.63) is 0 Å². The van der Waals surface area contributed by atoms with E-state index in [1.807, 2.05) is 0 Å². The molecule has 104 valence electrons. The molecule has 0 aliphatic carbocycles. The summed E-state index contributed by atoms with van der Waals surface area (Å²) < 4.78 is 0. The molecule has 0 saturated carbocycles. The molecule has 9 nitrogen and oxygen atoms in total. The van der Waals surface area contributed by atoms with Crippen molar-refractivity contribution in [2.45, 2.75) is 26.7 Å². The number of hydrogen-bond acceptors (Lipinski definition) is 9. The van der Waals surface area contributed by atoms with Crippen molar-refractivity contribution in [1.29, 1.82) is 0 Å². The van der Waals surface area contributed by atoms with Gasteiger partial charge in [0, 0.05) is 0 Å². The van der Waals surface area contributed by atoms with Gasteiger partial charge >= 0.3 is 25.8 Å². The fourth-order valence-electron chi connectivity index (χ4n) is 0. The van der Waals surface area contributed by atoms with Gasteiger partial charge in [0.15, 0.2) is 0 Å². The van der Waals surface area contributed by atoms with Gasteiger partial charge in [-0.2, -0.15) is 0 Å². The largest absolute Gasteiger partial charge is 0.328 e. The average Bonchev–Trinajstić information content (AvgIpc) is 2.00. The van der Waals surface area contributed by atoms with E-state index in [2.05, 4.69) is 13.8 Å². The normalized spacial score (nSPS) is 8.62. The van der Waals surface area contributed by atoms with Gasteiger partial charge in [0.2, 0.25) is 0 Å². The molecular formula is C4H19O9P3. The van der Waals surface area contributed by atoms with E-state index in [0.717, 1.165) is 0 Å². The first kappa shape index (κ1) is 25.7. The summed E-state index contributed by atoms with van der Waals surface area (Å²) in [6.07, 6.45) is 2.64. The highest BCUT2D eigenvalue weighted by atomic mass is 31.2. The summed E-state index contributed by atoms with van der Waals surface area (Å²) in [5, 5.41) is 0. The van der Waals surface area contributed by atoms with Crippen LogP contribution in [-0.2, 0) is 0 Å². The highest BCUT2D eigenvalue weighted by Gasteiger charge is 1.77. The summed E-state index contributed by atoms with van der Waals surface area (Å²) in [6, 6.07) is 0. The molecule has 0 fully saturated rings. The molecule has 0 heterocycles. The predicted molar refractivity (Wildman–Crippen MR) is 61.3 cm³/mol. The van der Waals surface area contributed by atoms with Gasteiger partial charge in [-0.3, -0.25) is 0 Å². The molecule has 0 saturated heterocycles. The van der Waals surface area contributed by atoms with Gasteiger partial charge in [0.05, 0.1) is 0 Å². The minimum absolute atomic E-state index is 1.32. The van der Waals surface area contributed by atoms with Crippen LogP contribution in [0.2, 0.25) is 0 Å². The van der Waals surface area contributed by atoms with Crippen molar-refractivity contribution in [1.82, 2.24) is 0 Å². The highest BCUT2D eigenvalue weighted by Crippen LogP contribution is 2.12. The van der Waals surface area contributed by atoms with Crippen LogP contribution in [0.25, 0.3) is 0 Å². The molecule has 0 aromatic heterocycles. The van der Waals surface area contributed by atoms with E-state index in [4.69, 9.17) is 44.0 Å². The van der Waals surface area contributed by atoms with E-state index in [1.54, 1.807) is 0 Å². The maximum Gasteiger partial charge on any atom is 0.324 e. The number of unbranched alkanes of at least 4 members (excludes halogenated alkanes) is 1. The Balaban J connectivity index is -0.0000000600. The quantitative estimate of drug-likeness (QED) is 0.285. The van der Waals surface area contributed by atoms with E-state index in [1.165, 1.54) is 12.8 Å². The van der Waals surface area contributed by atoms with Crippen molar-refractivity contribution in [3.8, 4) is 0 Å². The Morgan fingerprint density at radius 3 is 0.562 bits per heavy atom. The fraction of sp³-hybridized carbons (Fsp3) is 1.00. The zero-order valence-electron chi connectivity index (χ0n) is 8.78. The lowest BCUT2D eigenvalue weighted by molar-refractivity contribution is 0.366. The number of hydrogen-bond donors (Lipinski definition) is 9. The molecule has 0 amide bonds. The molecule has 0 unspecified atom stereocenters. The maximum atomic E-state index is 7.23. The van der Waals surface area contributed by atoms with Crippen LogP contribution in [-0.4, -0.2) is 44.0 Å². The summed E-state index contributed by atoms with van der Waals surface area (Å²) in [5.74, 6) is 0. The van der Waals surface area contributed by atoms with E-state index in [9.17, 15) is 0 Å². The second kappa shape index (κ2) is 24.9. The molecule has 0 aliphatic rings. The van der Waals surface area contributed by atoms with Gasteiger partial charge < -0.3 is 44.0 Å². The SMILES string of the molecule is CCCC.OP(O)O.OP(O)O.OP(O)O. The van der Waals surface area contributed by atoms with Crippen LogP contribution >= 0.6 is 25.8 Å². The Morgan fingerprint density at radius 1 is 0.500 bits per heavy atom. The van der Waals surface area contributed by atoms with Crippen LogP contribution in [0.4, 0.5) is 0 Å². The van der Waals surface area contributed by atoms with Gasteiger partial charge in [-0.15, -0.1) is 0 Å². The molecule has 0 radical (unpaired) electrons. The lowest BCUT2D eigenvalue weighted by Crippen LogP contribution is -1.54. The second-order valence-corrected chi connectivity index (χ2v) is 3.41. The van der Waals surface area contributed by atoms with Crippen LogP contribution in [0.5, 0.6) is 0 Å². The Hall–Kier alpha value is 0.930. The Labute approximate surface area is 97.3 Å². The average molecular weight is 304 g/mol. The third kappa shape index (κ3) is 778. The van der Waals surface area contributed by atoms with Crippen molar-refractivity contribution >= 4 is 25.8 Å². The standard InChI is InChI=1S/C4H10.3H3O3P/c1-3-4-2;3*1-4(2)3/h3-4H2,1-2H3;3*1-3H. The smallest absolute Gasteiger partial charge is 0.324 e. The van der Waals surface area contributed by atoms with Crippen molar-refractivity contribution in [2.75, 3.05) is 0 Å². The maximum absolute atomic E-state index is 7.23. The molecule has 16 heavy (non-hydrogen) atoms. The zero-order valence-corrected chi connectivity index (χ0v) is 11.5. The lowest BCUT2D eigenvalue weighted by atomic mass is 10.4. The monoisotopic (exact) mass is 304 g/mol. The molecule has 0 aliphatic heterocycles. The third-order valence-electron chi connectivity index (χ3n) is 0.500. The van der Waals surface area contributed by atoms with E-state index in [0.29, 0.717) is 0 Å². The van der Waals surface area contributed by atoms with Gasteiger partial charge in [-0.1, -0.05) is 26.7 Å². The molecule has 9 N–H and O–H groups in total.